The maximum atomic E-state index is 12.7. The van der Waals surface area contributed by atoms with Gasteiger partial charge in [-0.15, -0.1) is 0 Å². The number of unbranched alkanes of at least 4 members (excludes halogenated alkanes) is 1. The van der Waals surface area contributed by atoms with Gasteiger partial charge in [-0.05, 0) is 0 Å². The number of aromatic nitrogens is 1. The number of benzene rings is 2. The van der Waals surface area contributed by atoms with Crippen LogP contribution in [0.25, 0.3) is 0 Å². The molecule has 3 aromatic rings. The van der Waals surface area contributed by atoms with Gasteiger partial charge in [0, 0.05) is 0 Å². The Morgan fingerprint density at radius 3 is 2.50 bits per heavy atom. The molecule has 0 saturated carbocycles. The van der Waals surface area contributed by atoms with E-state index in [2.05, 4.69) is 28.6 Å². The van der Waals surface area contributed by atoms with Crippen molar-refractivity contribution in [2.45, 2.75) is 25.9 Å². The van der Waals surface area contributed by atoms with Crippen LogP contribution in [0, 0.1) is 3.57 Å². The number of nitrogens with zero attached hydrogens (tertiary/aromatic N) is 1. The van der Waals surface area contributed by atoms with E-state index >= 15 is 0 Å². The first kappa shape index (κ1) is 24.2. The van der Waals surface area contributed by atoms with Crippen molar-refractivity contribution in [1.82, 2.24) is 4.98 Å². The summed E-state index contributed by atoms with van der Waals surface area (Å²) in [5.74, 6) is 1.16. The third-order valence-electron chi connectivity index (χ3n) is 4.30. The molecule has 2 aromatic carbocycles. The molecule has 0 radical (unpaired) electrons. The number of nitrogens with one attached hydrogen (secondary N) is 2. The summed E-state index contributed by atoms with van der Waals surface area (Å²) >= 11 is 4.96. The van der Waals surface area contributed by atoms with Crippen LogP contribution < -0.4 is 15.4 Å². The van der Waals surface area contributed by atoms with Crippen LogP contribution in [0.4, 0.5) is 24.5 Å². The van der Waals surface area contributed by atoms with Gasteiger partial charge in [0.1, 0.15) is 0 Å². The third kappa shape index (κ3) is 7.06. The van der Waals surface area contributed by atoms with Crippen molar-refractivity contribution in [2.24, 2.45) is 0 Å². The molecular formula is C23H23F3IN3OS. The van der Waals surface area contributed by atoms with E-state index in [4.69, 9.17) is 17.0 Å². The van der Waals surface area contributed by atoms with E-state index in [0.717, 1.165) is 17.9 Å². The van der Waals surface area contributed by atoms with Gasteiger partial charge >= 0.3 is 188 Å². The summed E-state index contributed by atoms with van der Waals surface area (Å²) in [6.45, 7) is 2.18. The first-order valence-corrected chi connectivity index (χ1v) is 13.2. The Kier molecular flexibility index (Phi) is 8.68. The van der Waals surface area contributed by atoms with Crippen molar-refractivity contribution >= 4 is 49.9 Å². The first-order chi connectivity index (χ1) is 15.4. The van der Waals surface area contributed by atoms with Crippen LogP contribution in [0.5, 0.6) is 11.6 Å². The van der Waals surface area contributed by atoms with Gasteiger partial charge in [-0.1, -0.05) is 0 Å². The van der Waals surface area contributed by atoms with E-state index in [9.17, 15) is 13.2 Å². The third-order valence-corrected chi connectivity index (χ3v) is 7.76. The minimum atomic E-state index is -4.38. The molecule has 0 aliphatic carbocycles. The van der Waals surface area contributed by atoms with Crippen molar-refractivity contribution in [3.63, 3.8) is 0 Å². The molecule has 0 bridgehead atoms. The van der Waals surface area contributed by atoms with Crippen molar-refractivity contribution in [3.8, 4) is 11.6 Å². The summed E-state index contributed by atoms with van der Waals surface area (Å²) in [6.07, 6.45) is -0.375. The van der Waals surface area contributed by atoms with Gasteiger partial charge in [-0.2, -0.15) is 13.2 Å². The second kappa shape index (κ2) is 11.5. The van der Waals surface area contributed by atoms with Gasteiger partial charge in [0.2, 0.25) is 0 Å². The number of hydrogen-bond acceptors (Lipinski definition) is 3. The van der Waals surface area contributed by atoms with Crippen LogP contribution in [0.2, 0.25) is 0 Å². The Bertz CT molecular complexity index is 1050. The Hall–Kier alpha value is -2.40. The summed E-state index contributed by atoms with van der Waals surface area (Å²) in [5, 5.41) is 6.11. The van der Waals surface area contributed by atoms with Gasteiger partial charge in [-0.25, -0.2) is 0 Å². The topological polar surface area (TPSA) is 46.2 Å². The average molecular weight is 573 g/mol. The molecule has 1 heterocycles. The molecule has 0 aliphatic heterocycles. The zero-order chi connectivity index (χ0) is 23.0. The summed E-state index contributed by atoms with van der Waals surface area (Å²) < 4.78 is 46.8. The molecule has 2 N–H and O–H groups in total. The molecule has 0 fully saturated rings. The second-order valence-corrected chi connectivity index (χ2v) is 10.4. The standard InChI is InChI=1S/C23H23F3IN3OS/c1-2-3-14-27-18-7-4-5-9-20(18)31-21-19(8-6-15-28-21)30-22(32)29-17-12-10-16(11-13-17)23(24,25)26/h4-13,15,27H,2-3,14H2,1H3,(H2,29,30,32). The number of ether oxygens (including phenoxy) is 1. The van der Waals surface area contributed by atoms with Gasteiger partial charge in [0.05, 0.1) is 0 Å². The molecule has 9 heteroatoms. The number of pyridine rings is 1. The molecule has 0 spiro atoms. The number of anilines is 2. The number of rotatable bonds is 8. The molecule has 0 saturated heterocycles. The zero-order valence-corrected chi connectivity index (χ0v) is 20.4. The number of alkyl halides is 4. The van der Waals surface area contributed by atoms with Gasteiger partial charge in [0.25, 0.3) is 0 Å². The van der Waals surface area contributed by atoms with E-state index in [0.29, 0.717) is 17.3 Å². The second-order valence-electron chi connectivity index (χ2n) is 6.76. The van der Waals surface area contributed by atoms with E-state index < -0.39 is 11.7 Å². The number of para-hydroxylation sites is 1. The van der Waals surface area contributed by atoms with Gasteiger partial charge < -0.3 is 0 Å². The molecule has 0 atom stereocenters. The summed E-state index contributed by atoms with van der Waals surface area (Å²) in [4.78, 5) is 4.33. The fraction of sp³-hybridized carbons (Fsp3) is 0.217. The molecule has 0 amide bonds. The van der Waals surface area contributed by atoms with Crippen LogP contribution >= 0.6 is 33.4 Å². The van der Waals surface area contributed by atoms with Crippen LogP contribution in [-0.2, 0) is 6.18 Å². The van der Waals surface area contributed by atoms with E-state index in [1.165, 1.54) is 33.0 Å². The SMILES string of the molecule is CCCC[IH]c1ccccc1Oc1ncccc1NC(=S)Nc1ccc(C(F)(F)F)cc1. The number of thiocarbonyl (C=S) groups is 1. The predicted molar refractivity (Wildman–Crippen MR) is 136 cm³/mol. The van der Waals surface area contributed by atoms with Crippen LogP contribution in [0.1, 0.15) is 25.3 Å². The molecule has 32 heavy (non-hydrogen) atoms. The zero-order valence-electron chi connectivity index (χ0n) is 17.3. The molecule has 4 nitrogen and oxygen atoms in total. The van der Waals surface area contributed by atoms with Crippen LogP contribution in [-0.4, -0.2) is 14.5 Å². The Labute approximate surface area is 200 Å². The molecule has 0 aliphatic rings. The average Bonchev–Trinajstić information content (AvgIpc) is 2.76. The Morgan fingerprint density at radius 2 is 1.78 bits per heavy atom. The maximum absolute atomic E-state index is 12.7. The van der Waals surface area contributed by atoms with Gasteiger partial charge in [-0.3, -0.25) is 0 Å². The van der Waals surface area contributed by atoms with E-state index in [-0.39, 0.29) is 26.3 Å². The number of halogens is 4. The molecule has 170 valence electrons. The molecule has 3 rings (SSSR count). The van der Waals surface area contributed by atoms with E-state index in [1.807, 2.05) is 18.2 Å². The van der Waals surface area contributed by atoms with Crippen molar-refractivity contribution in [2.75, 3.05) is 15.1 Å². The fourth-order valence-electron chi connectivity index (χ4n) is 2.68. The quantitative estimate of drug-likeness (QED) is 0.128. The van der Waals surface area contributed by atoms with Gasteiger partial charge in [0.15, 0.2) is 0 Å². The summed E-state index contributed by atoms with van der Waals surface area (Å²) in [5.41, 5.74) is 0.278. The molecule has 1 aromatic heterocycles. The van der Waals surface area contributed by atoms with E-state index in [1.54, 1.807) is 18.3 Å². The predicted octanol–water partition coefficient (Wildman–Crippen LogP) is 7.37. The summed E-state index contributed by atoms with van der Waals surface area (Å²) in [6, 6.07) is 16.2. The normalized spacial score (nSPS) is 11.2. The fourth-order valence-corrected chi connectivity index (χ4v) is 5.99. The molecular weight excluding hydrogens is 550 g/mol. The minimum absolute atomic E-state index is 0.215. The first-order valence-electron chi connectivity index (χ1n) is 9.97. The number of hydrogen-bond donors (Lipinski definition) is 2. The molecule has 0 unspecified atom stereocenters. The monoisotopic (exact) mass is 573 g/mol. The van der Waals surface area contributed by atoms with Crippen molar-refractivity contribution in [1.29, 1.82) is 0 Å². The van der Waals surface area contributed by atoms with Crippen molar-refractivity contribution < 1.29 is 17.9 Å². The Morgan fingerprint density at radius 1 is 1.03 bits per heavy atom. The summed E-state index contributed by atoms with van der Waals surface area (Å²) in [7, 11) is 0. The Balaban J connectivity index is 1.69. The van der Waals surface area contributed by atoms with Crippen molar-refractivity contribution in [3.05, 3.63) is 76.0 Å². The van der Waals surface area contributed by atoms with Crippen LogP contribution in [0.15, 0.2) is 66.9 Å². The van der Waals surface area contributed by atoms with Crippen LogP contribution in [0.3, 0.4) is 0 Å².